The molecule has 4 rings (SSSR count). The number of ether oxygens (including phenoxy) is 2. The first kappa shape index (κ1) is 31.5. The Morgan fingerprint density at radius 2 is 1.82 bits per heavy atom. The Kier molecular flexibility index (Phi) is 9.67. The van der Waals surface area contributed by atoms with E-state index in [0.717, 1.165) is 22.2 Å². The first-order chi connectivity index (χ1) is 18.3. The van der Waals surface area contributed by atoms with Gasteiger partial charge in [0.05, 0.1) is 51.3 Å². The minimum absolute atomic E-state index is 0. The van der Waals surface area contributed by atoms with Crippen LogP contribution in [-0.2, 0) is 26.6 Å². The van der Waals surface area contributed by atoms with Gasteiger partial charge in [-0.15, -0.1) is 0 Å². The van der Waals surface area contributed by atoms with Gasteiger partial charge in [0, 0.05) is 17.3 Å². The van der Waals surface area contributed by atoms with Crippen LogP contribution in [0.4, 0.5) is 13.2 Å². The number of aromatic carboxylic acids is 1. The molecule has 0 saturated carbocycles. The van der Waals surface area contributed by atoms with E-state index in [2.05, 4.69) is 9.97 Å². The monoisotopic (exact) mass is 605 g/mol. The molecule has 2 heterocycles. The third-order valence-corrected chi connectivity index (χ3v) is 8.57. The number of para-hydroxylation sites is 2. The standard InChI is InChI=1S/C24H20F3N3O7S2.Na/c1-14-18(28-10-9-20(14)37-13-24(25,26)27)12-38(33)23-29-17-5-3-4-6-19(17)30(23)39(34,35)15-7-8-21(36-2)16(11-15)22(31)32;/h3-11H,12-13H2,1-2H3,(H,31,32);/q;+1/p-1. The molecule has 2 aromatic carbocycles. The van der Waals surface area contributed by atoms with E-state index >= 15 is 0 Å². The first-order valence-corrected chi connectivity index (χ1v) is 13.7. The maximum Gasteiger partial charge on any atom is 1.00 e. The van der Waals surface area contributed by atoms with Crippen LogP contribution in [0, 0.1) is 6.92 Å². The molecule has 10 nitrogen and oxygen atoms in total. The summed E-state index contributed by atoms with van der Waals surface area (Å²) in [6, 6.07) is 10.4. The number of carbonyl (C=O) groups excluding carboxylic acids is 1. The molecule has 206 valence electrons. The number of rotatable bonds is 9. The Bertz CT molecular complexity index is 1710. The van der Waals surface area contributed by atoms with Gasteiger partial charge in [-0.2, -0.15) is 13.2 Å². The van der Waals surface area contributed by atoms with Crippen LogP contribution in [0.2, 0.25) is 0 Å². The summed E-state index contributed by atoms with van der Waals surface area (Å²) in [7, 11) is -5.54. The number of carboxylic acid groups (broad SMARTS) is 1. The van der Waals surface area contributed by atoms with Gasteiger partial charge in [-0.05, 0) is 43.3 Å². The van der Waals surface area contributed by atoms with Gasteiger partial charge in [-0.25, -0.2) is 17.4 Å². The van der Waals surface area contributed by atoms with Gasteiger partial charge in [-0.3, -0.25) is 9.19 Å². The van der Waals surface area contributed by atoms with Gasteiger partial charge in [0.2, 0.25) is 5.16 Å². The van der Waals surface area contributed by atoms with Gasteiger partial charge in [0.25, 0.3) is 10.0 Å². The summed E-state index contributed by atoms with van der Waals surface area (Å²) in [5.41, 5.74) is 0.0341. The molecule has 1 atom stereocenters. The third-order valence-electron chi connectivity index (χ3n) is 5.54. The molecule has 0 aliphatic heterocycles. The predicted octanol–water partition coefficient (Wildman–Crippen LogP) is -0.398. The van der Waals surface area contributed by atoms with Crippen molar-refractivity contribution in [1.82, 2.24) is 13.9 Å². The number of imidazole rings is 1. The van der Waals surface area contributed by atoms with Crippen LogP contribution in [-0.4, -0.2) is 52.4 Å². The van der Waals surface area contributed by atoms with E-state index in [1.54, 1.807) is 6.07 Å². The van der Waals surface area contributed by atoms with Crippen molar-refractivity contribution in [3.05, 3.63) is 71.5 Å². The summed E-state index contributed by atoms with van der Waals surface area (Å²) in [6.07, 6.45) is -3.39. The molecule has 2 aromatic heterocycles. The molecule has 0 spiro atoms. The zero-order valence-corrected chi connectivity index (χ0v) is 24.9. The van der Waals surface area contributed by atoms with E-state index in [0.29, 0.717) is 0 Å². The molecule has 4 aromatic rings. The number of pyridine rings is 1. The van der Waals surface area contributed by atoms with Gasteiger partial charge in [0.15, 0.2) is 6.61 Å². The minimum atomic E-state index is -4.57. The SMILES string of the molecule is COc1ccc(S(=O)(=O)n2c(S(=O)Cc3nccc(OCC(F)(F)F)c3C)nc3ccccc32)cc1C(=O)[O-].[Na+]. The van der Waals surface area contributed by atoms with Crippen LogP contribution in [0.1, 0.15) is 21.6 Å². The minimum Gasteiger partial charge on any atom is -0.545 e. The van der Waals surface area contributed by atoms with Crippen molar-refractivity contribution in [3.8, 4) is 11.5 Å². The zero-order chi connectivity index (χ0) is 28.5. The fourth-order valence-corrected chi connectivity index (χ4v) is 6.75. The summed E-state index contributed by atoms with van der Waals surface area (Å²) >= 11 is 0. The molecular formula is C24H19F3N3NaO7S2. The number of benzene rings is 2. The maximum atomic E-state index is 13.8. The summed E-state index contributed by atoms with van der Waals surface area (Å²) < 4.78 is 89.4. The number of methoxy groups -OCH3 is 1. The van der Waals surface area contributed by atoms with Crippen molar-refractivity contribution in [3.63, 3.8) is 0 Å². The van der Waals surface area contributed by atoms with Crippen molar-refractivity contribution in [2.24, 2.45) is 0 Å². The molecule has 0 amide bonds. The number of aromatic nitrogens is 3. The van der Waals surface area contributed by atoms with Gasteiger partial charge in [-0.1, -0.05) is 12.1 Å². The van der Waals surface area contributed by atoms with Crippen LogP contribution in [0.5, 0.6) is 11.5 Å². The molecule has 0 aliphatic carbocycles. The summed E-state index contributed by atoms with van der Waals surface area (Å²) in [4.78, 5) is 19.4. The second-order valence-electron chi connectivity index (χ2n) is 8.08. The fourth-order valence-electron chi connectivity index (χ4n) is 3.68. The number of carboxylic acids is 1. The van der Waals surface area contributed by atoms with Crippen molar-refractivity contribution < 1.29 is 74.7 Å². The smallest absolute Gasteiger partial charge is 0.545 e. The average Bonchev–Trinajstić information content (AvgIpc) is 3.29. The van der Waals surface area contributed by atoms with Crippen molar-refractivity contribution in [1.29, 1.82) is 0 Å². The first-order valence-electron chi connectivity index (χ1n) is 11.0. The number of hydrogen-bond donors (Lipinski definition) is 0. The largest absolute Gasteiger partial charge is 1.00 e. The average molecular weight is 606 g/mol. The van der Waals surface area contributed by atoms with Crippen LogP contribution < -0.4 is 44.1 Å². The molecule has 16 heteroatoms. The fraction of sp³-hybridized carbons (Fsp3) is 0.208. The van der Waals surface area contributed by atoms with Gasteiger partial charge in [0.1, 0.15) is 11.5 Å². The Balaban J connectivity index is 0.00000441. The van der Waals surface area contributed by atoms with Crippen LogP contribution in [0.25, 0.3) is 11.0 Å². The van der Waals surface area contributed by atoms with Crippen molar-refractivity contribution in [2.45, 2.75) is 28.9 Å². The second kappa shape index (κ2) is 12.3. The number of halogens is 3. The Morgan fingerprint density at radius 3 is 2.48 bits per heavy atom. The van der Waals surface area contributed by atoms with Gasteiger partial charge >= 0.3 is 35.7 Å². The van der Waals surface area contributed by atoms with Crippen LogP contribution in [0.3, 0.4) is 0 Å². The molecule has 0 radical (unpaired) electrons. The summed E-state index contributed by atoms with van der Waals surface area (Å²) in [6.45, 7) is -0.103. The topological polar surface area (TPSA) is 141 Å². The molecule has 0 bridgehead atoms. The predicted molar refractivity (Wildman–Crippen MR) is 130 cm³/mol. The molecule has 0 saturated heterocycles. The van der Waals surface area contributed by atoms with Crippen molar-refractivity contribution in [2.75, 3.05) is 13.7 Å². The van der Waals surface area contributed by atoms with E-state index in [4.69, 9.17) is 9.47 Å². The molecule has 1 unspecified atom stereocenters. The Labute approximate surface area is 251 Å². The quantitative estimate of drug-likeness (QED) is 0.233. The molecule has 0 fully saturated rings. The molecule has 0 aliphatic rings. The number of nitrogens with zero attached hydrogens (tertiary/aromatic N) is 3. The van der Waals surface area contributed by atoms with Crippen LogP contribution in [0.15, 0.2) is 64.8 Å². The number of alkyl halides is 3. The third kappa shape index (κ3) is 6.49. The van der Waals surface area contributed by atoms with E-state index in [-0.39, 0.29) is 63.3 Å². The van der Waals surface area contributed by atoms with E-state index in [9.17, 15) is 35.7 Å². The summed E-state index contributed by atoms with van der Waals surface area (Å²) in [5.74, 6) is -2.32. The van der Waals surface area contributed by atoms with E-state index in [1.165, 1.54) is 44.5 Å². The van der Waals surface area contributed by atoms with E-state index in [1.807, 2.05) is 0 Å². The molecular weight excluding hydrogens is 586 g/mol. The maximum absolute atomic E-state index is 13.8. The number of hydrogen-bond acceptors (Lipinski definition) is 9. The van der Waals surface area contributed by atoms with Gasteiger partial charge < -0.3 is 19.4 Å². The molecule has 0 N–H and O–H groups in total. The summed E-state index contributed by atoms with van der Waals surface area (Å²) in [5, 5.41) is 11.2. The molecule has 40 heavy (non-hydrogen) atoms. The van der Waals surface area contributed by atoms with Crippen molar-refractivity contribution >= 4 is 37.8 Å². The number of fused-ring (bicyclic) bond motifs is 1. The number of carbonyl (C=O) groups is 1. The normalized spacial score (nSPS) is 12.5. The second-order valence-corrected chi connectivity index (χ2v) is 11.2. The zero-order valence-electron chi connectivity index (χ0n) is 21.3. The van der Waals surface area contributed by atoms with Crippen LogP contribution >= 0.6 is 0 Å². The Hall–Kier alpha value is -2.98. The Morgan fingerprint density at radius 1 is 1.12 bits per heavy atom. The van der Waals surface area contributed by atoms with E-state index < -0.39 is 60.9 Å².